The number of hydrogen-bond acceptors (Lipinski definition) is 8. The minimum Gasteiger partial charge on any atom is -0.507 e. The van der Waals surface area contributed by atoms with Gasteiger partial charge in [-0.15, -0.1) is 10.2 Å². The summed E-state index contributed by atoms with van der Waals surface area (Å²) in [6, 6.07) is 5.47. The Bertz CT molecular complexity index is 1390. The van der Waals surface area contributed by atoms with Gasteiger partial charge in [0.1, 0.15) is 17.6 Å². The van der Waals surface area contributed by atoms with Crippen LogP contribution < -0.4 is 15.9 Å². The first-order valence-electron chi connectivity index (χ1n) is 12.7. The van der Waals surface area contributed by atoms with Crippen LogP contribution in [-0.4, -0.2) is 59.7 Å². The number of phenols is 1. The van der Waals surface area contributed by atoms with Gasteiger partial charge in [-0.05, 0) is 57.6 Å². The lowest BCUT2D eigenvalue weighted by Gasteiger charge is -2.52. The quantitative estimate of drug-likeness (QED) is 0.505. The van der Waals surface area contributed by atoms with Gasteiger partial charge in [-0.1, -0.05) is 6.07 Å². The third-order valence-corrected chi connectivity index (χ3v) is 7.92. The first kappa shape index (κ1) is 23.9. The Hall–Kier alpha value is -3.47. The summed E-state index contributed by atoms with van der Waals surface area (Å²) < 4.78 is 30.4. The largest absolute Gasteiger partial charge is 0.507 e. The summed E-state index contributed by atoms with van der Waals surface area (Å²) in [4.78, 5) is 22.3. The number of benzene rings is 1. The third-order valence-electron chi connectivity index (χ3n) is 7.92. The van der Waals surface area contributed by atoms with Gasteiger partial charge in [0.2, 0.25) is 5.95 Å². The molecule has 4 atom stereocenters. The molecule has 0 amide bonds. The SMILES string of the molecule is Cn1c(F)cc(-c2ccc(-c3cnc(N(C4CC4)[C@@H]4C[C@@]5(C)CCC[C@H](N5)[C@@H]4F)nn3)c(O)c2)nc1=O. The monoisotopic (exact) mass is 509 g/mol. The van der Waals surface area contributed by atoms with Gasteiger partial charge >= 0.3 is 5.69 Å². The Morgan fingerprint density at radius 1 is 1.19 bits per heavy atom. The first-order valence-corrected chi connectivity index (χ1v) is 12.7. The van der Waals surface area contributed by atoms with Gasteiger partial charge in [-0.3, -0.25) is 4.57 Å². The number of aromatic hydroxyl groups is 1. The van der Waals surface area contributed by atoms with E-state index in [0.717, 1.165) is 42.7 Å². The van der Waals surface area contributed by atoms with Gasteiger partial charge in [0, 0.05) is 41.9 Å². The first-order chi connectivity index (χ1) is 17.7. The van der Waals surface area contributed by atoms with Crippen LogP contribution in [-0.2, 0) is 7.05 Å². The van der Waals surface area contributed by atoms with Crippen molar-refractivity contribution in [2.45, 2.75) is 75.3 Å². The van der Waals surface area contributed by atoms with Crippen LogP contribution in [0.25, 0.3) is 22.5 Å². The summed E-state index contributed by atoms with van der Waals surface area (Å²) in [5.74, 6) is -0.462. The van der Waals surface area contributed by atoms with E-state index in [2.05, 4.69) is 32.4 Å². The highest BCUT2D eigenvalue weighted by Gasteiger charge is 2.50. The molecule has 4 heterocycles. The van der Waals surface area contributed by atoms with Crippen LogP contribution >= 0.6 is 0 Å². The average molecular weight is 510 g/mol. The Balaban J connectivity index is 1.27. The molecule has 1 saturated carbocycles. The van der Waals surface area contributed by atoms with E-state index in [0.29, 0.717) is 29.2 Å². The molecule has 2 bridgehead atoms. The molecule has 194 valence electrons. The van der Waals surface area contributed by atoms with Crippen molar-refractivity contribution in [3.05, 3.63) is 46.9 Å². The van der Waals surface area contributed by atoms with Gasteiger partial charge in [0.15, 0.2) is 5.95 Å². The van der Waals surface area contributed by atoms with E-state index >= 15 is 4.39 Å². The van der Waals surface area contributed by atoms with E-state index in [4.69, 9.17) is 0 Å². The van der Waals surface area contributed by atoms with Crippen LogP contribution in [0.2, 0.25) is 0 Å². The predicted octanol–water partition coefficient (Wildman–Crippen LogP) is 3.12. The number of anilines is 1. The number of fused-ring (bicyclic) bond motifs is 2. The molecule has 2 saturated heterocycles. The number of piperidine rings is 2. The molecule has 11 heteroatoms. The van der Waals surface area contributed by atoms with Crippen LogP contribution in [0.4, 0.5) is 14.7 Å². The predicted molar refractivity (Wildman–Crippen MR) is 133 cm³/mol. The summed E-state index contributed by atoms with van der Waals surface area (Å²) in [5, 5.41) is 22.8. The van der Waals surface area contributed by atoms with Crippen LogP contribution in [0.1, 0.15) is 45.4 Å². The van der Waals surface area contributed by atoms with E-state index < -0.39 is 17.8 Å². The second-order valence-corrected chi connectivity index (χ2v) is 10.7. The maximum Gasteiger partial charge on any atom is 0.350 e. The highest BCUT2D eigenvalue weighted by Crippen LogP contribution is 2.42. The fraction of sp³-hybridized carbons (Fsp3) is 0.500. The molecule has 1 aliphatic carbocycles. The number of phenolic OH excluding ortho intramolecular Hbond substituents is 1. The fourth-order valence-corrected chi connectivity index (χ4v) is 5.81. The lowest BCUT2D eigenvalue weighted by Crippen LogP contribution is -2.67. The van der Waals surface area contributed by atoms with Crippen molar-refractivity contribution < 1.29 is 13.9 Å². The number of halogens is 2. The summed E-state index contributed by atoms with van der Waals surface area (Å²) in [6.07, 6.45) is 6.04. The minimum atomic E-state index is -1.01. The van der Waals surface area contributed by atoms with Crippen molar-refractivity contribution >= 4 is 5.95 Å². The molecule has 6 rings (SSSR count). The average Bonchev–Trinajstić information content (AvgIpc) is 3.71. The molecule has 1 aromatic carbocycles. The van der Waals surface area contributed by atoms with Crippen LogP contribution in [0.15, 0.2) is 35.3 Å². The van der Waals surface area contributed by atoms with Gasteiger partial charge in [0.05, 0.1) is 17.9 Å². The number of rotatable bonds is 5. The Morgan fingerprint density at radius 2 is 2.00 bits per heavy atom. The zero-order valence-corrected chi connectivity index (χ0v) is 20.7. The normalized spacial score (nSPS) is 27.2. The molecule has 3 fully saturated rings. The van der Waals surface area contributed by atoms with E-state index in [1.54, 1.807) is 12.1 Å². The molecule has 37 heavy (non-hydrogen) atoms. The molecule has 3 aromatic rings. The topological polar surface area (TPSA) is 109 Å². The summed E-state index contributed by atoms with van der Waals surface area (Å²) in [6.45, 7) is 2.18. The molecule has 0 spiro atoms. The van der Waals surface area contributed by atoms with Crippen LogP contribution in [0.3, 0.4) is 0 Å². The van der Waals surface area contributed by atoms with Crippen molar-refractivity contribution in [3.8, 4) is 28.3 Å². The number of nitrogens with one attached hydrogen (secondary N) is 1. The van der Waals surface area contributed by atoms with E-state index in [1.807, 2.05) is 4.90 Å². The van der Waals surface area contributed by atoms with Crippen molar-refractivity contribution in [3.63, 3.8) is 0 Å². The highest BCUT2D eigenvalue weighted by molar-refractivity contribution is 5.72. The third kappa shape index (κ3) is 4.35. The minimum absolute atomic E-state index is 0.0923. The molecule has 3 aliphatic rings. The molecular weight excluding hydrogens is 480 g/mol. The van der Waals surface area contributed by atoms with Gasteiger partial charge in [-0.2, -0.15) is 9.37 Å². The smallest absolute Gasteiger partial charge is 0.350 e. The van der Waals surface area contributed by atoms with Gasteiger partial charge in [0.25, 0.3) is 0 Å². The molecule has 0 radical (unpaired) electrons. The lowest BCUT2D eigenvalue weighted by molar-refractivity contribution is 0.0582. The van der Waals surface area contributed by atoms with Crippen molar-refractivity contribution in [1.29, 1.82) is 0 Å². The standard InChI is InChI=1S/C26H29F2N7O2/c1-26-9-3-4-17(31-26)23(28)20(12-26)35(15-6-7-15)24-29-13-19(32-33-24)16-8-5-14(10-21(16)36)18-11-22(27)34(2)25(37)30-18/h5,8,10-11,13,15,17,20,23,31,36H,3-4,6-7,9,12H2,1-2H3/t17-,20+,23-,26+/m0/s1. The Kier molecular flexibility index (Phi) is 5.70. The molecule has 2 N–H and O–H groups in total. The number of hydrogen-bond donors (Lipinski definition) is 2. The van der Waals surface area contributed by atoms with Crippen molar-refractivity contribution in [2.75, 3.05) is 4.90 Å². The fourth-order valence-electron chi connectivity index (χ4n) is 5.81. The molecule has 2 aliphatic heterocycles. The number of nitrogens with zero attached hydrogens (tertiary/aromatic N) is 6. The lowest BCUT2D eigenvalue weighted by atomic mass is 9.74. The molecule has 0 unspecified atom stereocenters. The molecule has 9 nitrogen and oxygen atoms in total. The Labute approximate surface area is 212 Å². The zero-order chi connectivity index (χ0) is 25.9. The van der Waals surface area contributed by atoms with E-state index in [-0.39, 0.29) is 35.1 Å². The zero-order valence-electron chi connectivity index (χ0n) is 20.7. The van der Waals surface area contributed by atoms with Gasteiger partial charge < -0.3 is 15.3 Å². The molecule has 2 aromatic heterocycles. The maximum absolute atomic E-state index is 15.6. The van der Waals surface area contributed by atoms with Crippen molar-refractivity contribution in [1.82, 2.24) is 30.0 Å². The molecular formula is C26H29F2N7O2. The van der Waals surface area contributed by atoms with E-state index in [9.17, 15) is 14.3 Å². The summed E-state index contributed by atoms with van der Waals surface area (Å²) in [7, 11) is 1.29. The van der Waals surface area contributed by atoms with Crippen molar-refractivity contribution in [2.24, 2.45) is 7.05 Å². The number of alkyl halides is 1. The summed E-state index contributed by atoms with van der Waals surface area (Å²) in [5.41, 5.74) is 0.400. The maximum atomic E-state index is 15.6. The van der Waals surface area contributed by atoms with Gasteiger partial charge in [-0.25, -0.2) is 14.2 Å². The van der Waals surface area contributed by atoms with Crippen LogP contribution in [0, 0.1) is 5.95 Å². The second-order valence-electron chi connectivity index (χ2n) is 10.7. The summed E-state index contributed by atoms with van der Waals surface area (Å²) >= 11 is 0. The van der Waals surface area contributed by atoms with E-state index in [1.165, 1.54) is 19.3 Å². The Morgan fingerprint density at radius 3 is 2.68 bits per heavy atom. The highest BCUT2D eigenvalue weighted by atomic mass is 19.1. The second kappa shape index (κ2) is 8.83. The number of aromatic nitrogens is 5. The van der Waals surface area contributed by atoms with Crippen LogP contribution in [0.5, 0.6) is 5.75 Å².